The second-order valence-electron chi connectivity index (χ2n) is 8.97. The van der Waals surface area contributed by atoms with Crippen LogP contribution in [0.3, 0.4) is 0 Å². The molecule has 1 spiro atoms. The zero-order valence-electron chi connectivity index (χ0n) is 19.2. The van der Waals surface area contributed by atoms with E-state index in [-0.39, 0.29) is 24.3 Å². The molecule has 0 aromatic heterocycles. The molecular weight excluding hydrogens is 428 g/mol. The van der Waals surface area contributed by atoms with Crippen molar-refractivity contribution in [2.24, 2.45) is 0 Å². The van der Waals surface area contributed by atoms with E-state index in [0.29, 0.717) is 38.2 Å². The van der Waals surface area contributed by atoms with Gasteiger partial charge in [0.15, 0.2) is 0 Å². The van der Waals surface area contributed by atoms with E-state index in [1.165, 1.54) is 0 Å². The quantitative estimate of drug-likeness (QED) is 0.655. The van der Waals surface area contributed by atoms with Crippen LogP contribution in [0.4, 0.5) is 5.69 Å². The molecule has 174 valence electrons. The summed E-state index contributed by atoms with van der Waals surface area (Å²) >= 11 is 0. The average molecular weight is 457 g/mol. The maximum absolute atomic E-state index is 13.6. The molecule has 0 saturated carbocycles. The van der Waals surface area contributed by atoms with Gasteiger partial charge in [0.05, 0.1) is 6.67 Å². The molecule has 2 aliphatic heterocycles. The van der Waals surface area contributed by atoms with Crippen LogP contribution in [0.5, 0.6) is 0 Å². The average Bonchev–Trinajstić information content (AvgIpc) is 3.15. The van der Waals surface area contributed by atoms with Gasteiger partial charge in [-0.3, -0.25) is 14.4 Å². The maximum Gasteiger partial charge on any atom is 0.253 e. The first-order chi connectivity index (χ1) is 16.5. The minimum Gasteiger partial charge on any atom is -0.358 e. The van der Waals surface area contributed by atoms with Crippen molar-refractivity contribution in [3.63, 3.8) is 0 Å². The van der Waals surface area contributed by atoms with Crippen molar-refractivity contribution in [3.8, 4) is 0 Å². The summed E-state index contributed by atoms with van der Waals surface area (Å²) in [4.78, 5) is 44.5. The van der Waals surface area contributed by atoms with E-state index in [1.54, 1.807) is 11.9 Å². The molecule has 3 aromatic carbocycles. The van der Waals surface area contributed by atoms with Crippen LogP contribution < -0.4 is 10.2 Å². The molecular formula is C27H28N4O3. The number of likely N-dealkylation sites (N-methyl/N-ethyl adjacent to an activating group) is 1. The van der Waals surface area contributed by atoms with Crippen molar-refractivity contribution in [2.45, 2.75) is 18.4 Å². The SMILES string of the molecule is CNC(=O)CN1CN(c2ccccc2)C2(CCN(C(=O)c3ccc4ccccc4c3)CC2)C1=O. The van der Waals surface area contributed by atoms with Gasteiger partial charge in [-0.05, 0) is 47.9 Å². The standard InChI is InChI=1S/C27H28N4O3/c1-28-24(32)18-30-19-31(23-9-3-2-4-10-23)27(26(30)34)13-15-29(16-14-27)25(33)22-12-11-20-7-5-6-8-21(20)17-22/h2-12,17H,13-16,18-19H2,1H3,(H,28,32). The van der Waals surface area contributed by atoms with Crippen LogP contribution in [0.2, 0.25) is 0 Å². The fourth-order valence-corrected chi connectivity index (χ4v) is 5.16. The predicted molar refractivity (Wildman–Crippen MR) is 131 cm³/mol. The Hall–Kier alpha value is -3.87. The van der Waals surface area contributed by atoms with Crippen LogP contribution in [0.25, 0.3) is 10.8 Å². The van der Waals surface area contributed by atoms with Gasteiger partial charge in [0.2, 0.25) is 5.91 Å². The van der Waals surface area contributed by atoms with Crippen molar-refractivity contribution < 1.29 is 14.4 Å². The highest BCUT2D eigenvalue weighted by Crippen LogP contribution is 2.39. The Bertz CT molecular complexity index is 1230. The van der Waals surface area contributed by atoms with Crippen molar-refractivity contribution in [2.75, 3.05) is 38.3 Å². The van der Waals surface area contributed by atoms with Crippen LogP contribution in [-0.2, 0) is 9.59 Å². The zero-order valence-corrected chi connectivity index (χ0v) is 19.2. The van der Waals surface area contributed by atoms with Crippen molar-refractivity contribution in [1.29, 1.82) is 0 Å². The molecule has 2 aliphatic rings. The summed E-state index contributed by atoms with van der Waals surface area (Å²) in [6.45, 7) is 1.35. The highest BCUT2D eigenvalue weighted by molar-refractivity contribution is 6.00. The maximum atomic E-state index is 13.6. The molecule has 7 heteroatoms. The lowest BCUT2D eigenvalue weighted by atomic mass is 9.85. The second kappa shape index (κ2) is 8.82. The van der Waals surface area contributed by atoms with E-state index in [9.17, 15) is 14.4 Å². The van der Waals surface area contributed by atoms with Crippen molar-refractivity contribution in [3.05, 3.63) is 78.4 Å². The number of hydrogen-bond donors (Lipinski definition) is 1. The number of nitrogens with one attached hydrogen (secondary N) is 1. The van der Waals surface area contributed by atoms with Gasteiger partial charge in [-0.25, -0.2) is 0 Å². The molecule has 7 nitrogen and oxygen atoms in total. The summed E-state index contributed by atoms with van der Waals surface area (Å²) in [6.07, 6.45) is 1.04. The van der Waals surface area contributed by atoms with Gasteiger partial charge in [-0.15, -0.1) is 0 Å². The van der Waals surface area contributed by atoms with E-state index >= 15 is 0 Å². The summed E-state index contributed by atoms with van der Waals surface area (Å²) in [5.41, 5.74) is 0.855. The summed E-state index contributed by atoms with van der Waals surface area (Å²) in [5, 5.41) is 4.74. The molecule has 3 aromatic rings. The van der Waals surface area contributed by atoms with E-state index in [1.807, 2.05) is 77.7 Å². The van der Waals surface area contributed by atoms with Crippen LogP contribution in [0, 0.1) is 0 Å². The number of likely N-dealkylation sites (tertiary alicyclic amines) is 1. The van der Waals surface area contributed by atoms with E-state index in [4.69, 9.17) is 0 Å². The van der Waals surface area contributed by atoms with Gasteiger partial charge in [0, 0.05) is 31.4 Å². The van der Waals surface area contributed by atoms with Crippen LogP contribution in [-0.4, -0.2) is 66.4 Å². The Morgan fingerprint density at radius 2 is 1.59 bits per heavy atom. The Morgan fingerprint density at radius 1 is 0.912 bits per heavy atom. The Kier molecular flexibility index (Phi) is 5.69. The first-order valence-electron chi connectivity index (χ1n) is 11.6. The zero-order chi connectivity index (χ0) is 23.7. The first-order valence-corrected chi connectivity index (χ1v) is 11.6. The number of fused-ring (bicyclic) bond motifs is 1. The fraction of sp³-hybridized carbons (Fsp3) is 0.296. The van der Waals surface area contributed by atoms with Gasteiger partial charge in [-0.1, -0.05) is 48.5 Å². The molecule has 0 aliphatic carbocycles. The molecule has 2 heterocycles. The molecule has 0 bridgehead atoms. The smallest absolute Gasteiger partial charge is 0.253 e. The Morgan fingerprint density at radius 3 is 2.29 bits per heavy atom. The molecule has 0 radical (unpaired) electrons. The highest BCUT2D eigenvalue weighted by Gasteiger charge is 2.54. The summed E-state index contributed by atoms with van der Waals surface area (Å²) in [7, 11) is 1.57. The minimum atomic E-state index is -0.754. The monoisotopic (exact) mass is 456 g/mol. The second-order valence-corrected chi connectivity index (χ2v) is 8.97. The summed E-state index contributed by atoms with van der Waals surface area (Å²) in [6, 6.07) is 23.6. The van der Waals surface area contributed by atoms with Gasteiger partial charge in [-0.2, -0.15) is 0 Å². The third kappa shape index (κ3) is 3.77. The molecule has 5 rings (SSSR count). The van der Waals surface area contributed by atoms with Gasteiger partial charge >= 0.3 is 0 Å². The highest BCUT2D eigenvalue weighted by atomic mass is 16.2. The van der Waals surface area contributed by atoms with E-state index < -0.39 is 5.54 Å². The lowest BCUT2D eigenvalue weighted by Gasteiger charge is -2.43. The number of carbonyl (C=O) groups excluding carboxylic acids is 3. The topological polar surface area (TPSA) is 73.0 Å². The molecule has 2 fully saturated rings. The lowest BCUT2D eigenvalue weighted by Crippen LogP contribution is -2.57. The lowest BCUT2D eigenvalue weighted by molar-refractivity contribution is -0.137. The normalized spacial score (nSPS) is 17.4. The number of amides is 3. The van der Waals surface area contributed by atoms with Crippen LogP contribution >= 0.6 is 0 Å². The van der Waals surface area contributed by atoms with E-state index in [0.717, 1.165) is 16.5 Å². The number of piperidine rings is 1. The van der Waals surface area contributed by atoms with Crippen LogP contribution in [0.1, 0.15) is 23.2 Å². The fourth-order valence-electron chi connectivity index (χ4n) is 5.16. The molecule has 2 saturated heterocycles. The number of hydrogen-bond acceptors (Lipinski definition) is 4. The molecule has 34 heavy (non-hydrogen) atoms. The Balaban J connectivity index is 1.38. The third-order valence-corrected chi connectivity index (χ3v) is 7.07. The number of benzene rings is 3. The predicted octanol–water partition coefficient (Wildman–Crippen LogP) is 2.87. The van der Waals surface area contributed by atoms with E-state index in [2.05, 4.69) is 10.2 Å². The molecule has 0 atom stereocenters. The summed E-state index contributed by atoms with van der Waals surface area (Å²) < 4.78 is 0. The van der Waals surface area contributed by atoms with Crippen LogP contribution in [0.15, 0.2) is 72.8 Å². The van der Waals surface area contributed by atoms with Gasteiger partial charge in [0.25, 0.3) is 11.8 Å². The van der Waals surface area contributed by atoms with Crippen molar-refractivity contribution >= 4 is 34.2 Å². The molecule has 3 amide bonds. The summed E-state index contributed by atoms with van der Waals surface area (Å²) in [5.74, 6) is -0.250. The number of carbonyl (C=O) groups is 3. The Labute approximate surface area is 198 Å². The number of nitrogens with zero attached hydrogens (tertiary/aromatic N) is 3. The third-order valence-electron chi connectivity index (χ3n) is 7.07. The molecule has 0 unspecified atom stereocenters. The minimum absolute atomic E-state index is 0.0143. The van der Waals surface area contributed by atoms with Gasteiger partial charge in [0.1, 0.15) is 12.1 Å². The number of anilines is 1. The molecule has 1 N–H and O–H groups in total. The van der Waals surface area contributed by atoms with Gasteiger partial charge < -0.3 is 20.0 Å². The van der Waals surface area contributed by atoms with Crippen molar-refractivity contribution in [1.82, 2.24) is 15.1 Å². The first kappa shape index (κ1) is 21.9. The largest absolute Gasteiger partial charge is 0.358 e. The number of rotatable bonds is 4. The number of para-hydroxylation sites is 1.